The predicted octanol–water partition coefficient (Wildman–Crippen LogP) is -0.0500. The van der Waals surface area contributed by atoms with Crippen LogP contribution < -0.4 is 5.32 Å². The van der Waals surface area contributed by atoms with Gasteiger partial charge < -0.3 is 20.6 Å². The van der Waals surface area contributed by atoms with Crippen LogP contribution in [0.4, 0.5) is 4.79 Å². The summed E-state index contributed by atoms with van der Waals surface area (Å²) in [5.74, 6) is 0. The smallest absolute Gasteiger partial charge is 0.404 e. The van der Waals surface area contributed by atoms with Crippen LogP contribution in [0.5, 0.6) is 0 Å². The summed E-state index contributed by atoms with van der Waals surface area (Å²) in [6.07, 6.45) is -0.995. The van der Waals surface area contributed by atoms with Gasteiger partial charge in [-0.3, -0.25) is 4.98 Å². The molecule has 0 radical (unpaired) electrons. The Bertz CT molecular complexity index is 285. The molecule has 84 valence electrons. The van der Waals surface area contributed by atoms with Crippen molar-refractivity contribution in [2.24, 2.45) is 0 Å². The molecule has 0 bridgehead atoms. The van der Waals surface area contributed by atoms with Crippen molar-refractivity contribution < 1.29 is 20.1 Å². The lowest BCUT2D eigenvalue weighted by molar-refractivity contribution is 0.197. The summed E-state index contributed by atoms with van der Waals surface area (Å²) < 4.78 is 0. The third-order valence-electron chi connectivity index (χ3n) is 1.40. The van der Waals surface area contributed by atoms with E-state index < -0.39 is 6.09 Å². The van der Waals surface area contributed by atoms with Crippen molar-refractivity contribution in [2.75, 3.05) is 7.05 Å². The molecule has 4 N–H and O–H groups in total. The zero-order chi connectivity index (χ0) is 11.7. The number of pyridine rings is 1. The number of hydrogen-bond donors (Lipinski definition) is 4. The van der Waals surface area contributed by atoms with Crippen LogP contribution in [0.1, 0.15) is 11.4 Å². The van der Waals surface area contributed by atoms with Crippen LogP contribution in [0, 0.1) is 0 Å². The van der Waals surface area contributed by atoms with E-state index in [2.05, 4.69) is 4.98 Å². The Hall–Kier alpha value is -1.66. The number of carbonyl (C=O) groups is 1. The minimum Gasteiger partial charge on any atom is -0.465 e. The minimum absolute atomic E-state index is 0.0756. The molecule has 0 saturated heterocycles. The number of rotatable bonds is 2. The van der Waals surface area contributed by atoms with Gasteiger partial charge in [0.1, 0.15) is 0 Å². The fourth-order valence-corrected chi connectivity index (χ4v) is 0.705. The quantitative estimate of drug-likeness (QED) is 0.552. The highest BCUT2D eigenvalue weighted by Crippen LogP contribution is 1.98. The van der Waals surface area contributed by atoms with Crippen molar-refractivity contribution in [1.29, 1.82) is 0 Å². The largest absolute Gasteiger partial charge is 0.465 e. The van der Waals surface area contributed by atoms with Gasteiger partial charge in [-0.15, -0.1) is 0 Å². The van der Waals surface area contributed by atoms with E-state index >= 15 is 0 Å². The Balaban J connectivity index is 0.000000336. The fourth-order valence-electron chi connectivity index (χ4n) is 0.705. The summed E-state index contributed by atoms with van der Waals surface area (Å²) in [7, 11) is 1.35. The molecule has 0 fully saturated rings. The maximum atomic E-state index is 9.26. The second-order valence-corrected chi connectivity index (χ2v) is 2.49. The maximum absolute atomic E-state index is 9.26. The minimum atomic E-state index is -0.995. The van der Waals surface area contributed by atoms with E-state index in [0.29, 0.717) is 11.4 Å². The first kappa shape index (κ1) is 13.3. The number of nitrogens with zero attached hydrogens (tertiary/aromatic N) is 1. The second-order valence-electron chi connectivity index (χ2n) is 2.49. The van der Waals surface area contributed by atoms with Gasteiger partial charge in [0.05, 0.1) is 24.6 Å². The van der Waals surface area contributed by atoms with Gasteiger partial charge in [-0.1, -0.05) is 6.07 Å². The van der Waals surface area contributed by atoms with Crippen molar-refractivity contribution in [2.45, 2.75) is 13.2 Å². The third-order valence-corrected chi connectivity index (χ3v) is 1.40. The van der Waals surface area contributed by atoms with Gasteiger partial charge in [-0.05, 0) is 12.1 Å². The van der Waals surface area contributed by atoms with Crippen LogP contribution in [0.15, 0.2) is 18.2 Å². The summed E-state index contributed by atoms with van der Waals surface area (Å²) >= 11 is 0. The Morgan fingerprint density at radius 2 is 1.73 bits per heavy atom. The standard InChI is InChI=1S/C7H9NO2.C2H5NO2/c9-4-6-2-1-3-7(5-10)8-6;1-3-2(4)5/h1-3,9-10H,4-5H2;3H,1H3,(H,4,5). The van der Waals surface area contributed by atoms with Gasteiger partial charge >= 0.3 is 6.09 Å². The summed E-state index contributed by atoms with van der Waals surface area (Å²) in [5.41, 5.74) is 1.18. The van der Waals surface area contributed by atoms with Gasteiger partial charge in [0, 0.05) is 7.05 Å². The van der Waals surface area contributed by atoms with Crippen molar-refractivity contribution in [3.05, 3.63) is 29.6 Å². The zero-order valence-electron chi connectivity index (χ0n) is 8.34. The molecule has 1 aromatic rings. The molecular weight excluding hydrogens is 200 g/mol. The van der Waals surface area contributed by atoms with Crippen molar-refractivity contribution in [3.8, 4) is 0 Å². The number of aliphatic hydroxyl groups excluding tert-OH is 2. The van der Waals surface area contributed by atoms with Crippen LogP contribution in [-0.4, -0.2) is 33.4 Å². The fraction of sp³-hybridized carbons (Fsp3) is 0.333. The summed E-state index contributed by atoms with van der Waals surface area (Å²) in [6, 6.07) is 5.17. The average Bonchev–Trinajstić information content (AvgIpc) is 2.29. The Labute approximate surface area is 87.2 Å². The van der Waals surface area contributed by atoms with Gasteiger partial charge in [-0.25, -0.2) is 4.79 Å². The maximum Gasteiger partial charge on any atom is 0.404 e. The molecule has 1 amide bonds. The molecule has 0 unspecified atom stereocenters. The number of amides is 1. The molecule has 0 saturated carbocycles. The molecular formula is C9H14N2O4. The van der Waals surface area contributed by atoms with Crippen molar-refractivity contribution in [1.82, 2.24) is 10.3 Å². The molecule has 15 heavy (non-hydrogen) atoms. The van der Waals surface area contributed by atoms with E-state index in [1.165, 1.54) is 7.05 Å². The number of hydrogen-bond acceptors (Lipinski definition) is 4. The first-order chi connectivity index (χ1) is 7.13. The zero-order valence-corrected chi connectivity index (χ0v) is 8.34. The predicted molar refractivity (Wildman–Crippen MR) is 53.2 cm³/mol. The van der Waals surface area contributed by atoms with Gasteiger partial charge in [-0.2, -0.15) is 0 Å². The number of aromatic nitrogens is 1. The second kappa shape index (κ2) is 7.72. The number of carboxylic acid groups (broad SMARTS) is 1. The molecule has 0 aliphatic carbocycles. The first-order valence-corrected chi connectivity index (χ1v) is 4.21. The summed E-state index contributed by atoms with van der Waals surface area (Å²) in [6.45, 7) is -0.151. The lowest BCUT2D eigenvalue weighted by Gasteiger charge is -1.96. The van der Waals surface area contributed by atoms with E-state index in [9.17, 15) is 4.79 Å². The van der Waals surface area contributed by atoms with Gasteiger partial charge in [0.2, 0.25) is 0 Å². The van der Waals surface area contributed by atoms with Crippen molar-refractivity contribution >= 4 is 6.09 Å². The first-order valence-electron chi connectivity index (χ1n) is 4.21. The molecule has 1 rings (SSSR count). The average molecular weight is 214 g/mol. The lowest BCUT2D eigenvalue weighted by atomic mass is 10.3. The normalized spacial score (nSPS) is 8.73. The summed E-state index contributed by atoms with van der Waals surface area (Å²) in [4.78, 5) is 13.2. The molecule has 1 aromatic heterocycles. The Morgan fingerprint density at radius 1 is 1.33 bits per heavy atom. The van der Waals surface area contributed by atoms with Crippen LogP contribution >= 0.6 is 0 Å². The van der Waals surface area contributed by atoms with Crippen molar-refractivity contribution in [3.63, 3.8) is 0 Å². The number of aliphatic hydroxyl groups is 2. The van der Waals surface area contributed by atoms with E-state index in [1.54, 1.807) is 18.2 Å². The third kappa shape index (κ3) is 6.42. The van der Waals surface area contributed by atoms with Crippen LogP contribution in [-0.2, 0) is 13.2 Å². The Kier molecular flexibility index (Phi) is 6.86. The molecule has 0 aliphatic rings. The van der Waals surface area contributed by atoms with E-state index in [-0.39, 0.29) is 13.2 Å². The van der Waals surface area contributed by atoms with Crippen LogP contribution in [0.2, 0.25) is 0 Å². The molecule has 6 nitrogen and oxygen atoms in total. The lowest BCUT2D eigenvalue weighted by Crippen LogP contribution is -2.13. The SMILES string of the molecule is CNC(=O)O.OCc1cccc(CO)n1. The van der Waals surface area contributed by atoms with E-state index in [1.807, 2.05) is 5.32 Å². The van der Waals surface area contributed by atoms with E-state index in [0.717, 1.165) is 0 Å². The highest BCUT2D eigenvalue weighted by atomic mass is 16.4. The van der Waals surface area contributed by atoms with Gasteiger partial charge in [0.15, 0.2) is 0 Å². The molecule has 0 aliphatic heterocycles. The molecule has 0 spiro atoms. The van der Waals surface area contributed by atoms with Crippen LogP contribution in [0.3, 0.4) is 0 Å². The molecule has 1 heterocycles. The highest BCUT2D eigenvalue weighted by molar-refractivity contribution is 5.63. The van der Waals surface area contributed by atoms with Crippen LogP contribution in [0.25, 0.3) is 0 Å². The molecule has 0 aromatic carbocycles. The highest BCUT2D eigenvalue weighted by Gasteiger charge is 1.92. The monoisotopic (exact) mass is 214 g/mol. The topological polar surface area (TPSA) is 103 Å². The van der Waals surface area contributed by atoms with Gasteiger partial charge in [0.25, 0.3) is 0 Å². The summed E-state index contributed by atoms with van der Waals surface area (Å²) in [5, 5.41) is 26.8. The van der Waals surface area contributed by atoms with E-state index in [4.69, 9.17) is 15.3 Å². The molecule has 6 heteroatoms. The molecule has 0 atom stereocenters. The number of nitrogens with one attached hydrogen (secondary N) is 1. The Morgan fingerprint density at radius 3 is 2.00 bits per heavy atom.